The maximum atomic E-state index is 5.64. The molecule has 1 atom stereocenters. The van der Waals surface area contributed by atoms with Crippen molar-refractivity contribution in [1.29, 1.82) is 0 Å². The smallest absolute Gasteiger partial charge is 0.0981 e. The molecule has 1 unspecified atom stereocenters. The van der Waals surface area contributed by atoms with Crippen molar-refractivity contribution in [3.05, 3.63) is 24.6 Å². The van der Waals surface area contributed by atoms with E-state index in [1.807, 2.05) is 0 Å². The van der Waals surface area contributed by atoms with Crippen molar-refractivity contribution in [3.8, 4) is 0 Å². The van der Waals surface area contributed by atoms with Crippen LogP contribution in [0, 0.1) is 0 Å². The molecular formula is C21H41N3. The van der Waals surface area contributed by atoms with Crippen molar-refractivity contribution in [2.24, 2.45) is 5.73 Å². The number of nitrogens with one attached hydrogen (secondary N) is 1. The number of unbranched alkanes of at least 4 members (excludes halogenated alkanes) is 10. The molecule has 0 aromatic rings. The maximum absolute atomic E-state index is 5.64. The summed E-state index contributed by atoms with van der Waals surface area (Å²) in [5, 5.41) is 3.42. The van der Waals surface area contributed by atoms with Crippen LogP contribution in [0.5, 0.6) is 0 Å². The normalized spacial score (nSPS) is 17.1. The van der Waals surface area contributed by atoms with Crippen LogP contribution in [0.3, 0.4) is 0 Å². The summed E-state index contributed by atoms with van der Waals surface area (Å²) in [4.78, 5) is 2.33. The minimum absolute atomic E-state index is 0.480. The molecule has 140 valence electrons. The molecule has 1 heterocycles. The lowest BCUT2D eigenvalue weighted by atomic mass is 10.1. The third-order valence-electron chi connectivity index (χ3n) is 4.83. The Kier molecular flexibility index (Phi) is 13.7. The van der Waals surface area contributed by atoms with Crippen molar-refractivity contribution in [1.82, 2.24) is 10.2 Å². The second-order valence-corrected chi connectivity index (χ2v) is 7.04. The first-order valence-electron chi connectivity index (χ1n) is 10.4. The second kappa shape index (κ2) is 15.6. The molecule has 0 saturated carbocycles. The van der Waals surface area contributed by atoms with Gasteiger partial charge in [0, 0.05) is 25.5 Å². The van der Waals surface area contributed by atoms with Crippen molar-refractivity contribution in [2.75, 3.05) is 13.1 Å². The highest BCUT2D eigenvalue weighted by Crippen LogP contribution is 2.14. The van der Waals surface area contributed by atoms with Gasteiger partial charge in [0.15, 0.2) is 0 Å². The number of rotatable bonds is 16. The number of hydrogen-bond donors (Lipinski definition) is 2. The molecule has 1 aliphatic heterocycles. The fourth-order valence-corrected chi connectivity index (χ4v) is 3.31. The molecule has 0 bridgehead atoms. The van der Waals surface area contributed by atoms with Crippen LogP contribution in [0.25, 0.3) is 0 Å². The Balaban J connectivity index is 1.82. The molecule has 0 aromatic carbocycles. The Hall–Kier alpha value is -0.960. The first-order chi connectivity index (χ1) is 11.9. The topological polar surface area (TPSA) is 41.3 Å². The van der Waals surface area contributed by atoms with Crippen molar-refractivity contribution in [3.63, 3.8) is 0 Å². The molecule has 3 nitrogen and oxygen atoms in total. The van der Waals surface area contributed by atoms with E-state index in [0.717, 1.165) is 13.1 Å². The van der Waals surface area contributed by atoms with Crippen LogP contribution in [0.2, 0.25) is 0 Å². The average molecular weight is 336 g/mol. The lowest BCUT2D eigenvalue weighted by Gasteiger charge is -2.25. The zero-order valence-corrected chi connectivity index (χ0v) is 16.0. The zero-order valence-electron chi connectivity index (χ0n) is 16.0. The molecule has 3 N–H and O–H groups in total. The van der Waals surface area contributed by atoms with Crippen LogP contribution in [-0.2, 0) is 0 Å². The van der Waals surface area contributed by atoms with E-state index in [4.69, 9.17) is 5.73 Å². The van der Waals surface area contributed by atoms with Gasteiger partial charge in [0.1, 0.15) is 0 Å². The van der Waals surface area contributed by atoms with E-state index in [0.29, 0.717) is 6.17 Å². The Morgan fingerprint density at radius 1 is 0.917 bits per heavy atom. The van der Waals surface area contributed by atoms with Gasteiger partial charge in [0.05, 0.1) is 6.17 Å². The lowest BCUT2D eigenvalue weighted by Crippen LogP contribution is -2.37. The van der Waals surface area contributed by atoms with Crippen LogP contribution >= 0.6 is 0 Å². The Morgan fingerprint density at radius 3 is 2.21 bits per heavy atom. The summed E-state index contributed by atoms with van der Waals surface area (Å²) < 4.78 is 0. The fourth-order valence-electron chi connectivity index (χ4n) is 3.31. The standard InChI is InChI=1S/C21H41N3/c1-2-3-4-5-6-7-8-9-10-11-12-13-14-15-16-21-23-18-20-24(21)19-17-22/h8-9,18,20-21,23H,2-7,10-17,19,22H2,1H3/b9-8+. The van der Waals surface area contributed by atoms with Crippen LogP contribution in [0.15, 0.2) is 24.6 Å². The number of allylic oxidation sites excluding steroid dienone is 2. The maximum Gasteiger partial charge on any atom is 0.0981 e. The average Bonchev–Trinajstić information content (AvgIpc) is 3.03. The van der Waals surface area contributed by atoms with Gasteiger partial charge in [-0.15, -0.1) is 0 Å². The molecule has 0 aliphatic carbocycles. The van der Waals surface area contributed by atoms with Gasteiger partial charge >= 0.3 is 0 Å². The molecule has 0 saturated heterocycles. The predicted molar refractivity (Wildman–Crippen MR) is 107 cm³/mol. The second-order valence-electron chi connectivity index (χ2n) is 7.04. The summed E-state index contributed by atoms with van der Waals surface area (Å²) in [5.41, 5.74) is 5.64. The van der Waals surface area contributed by atoms with Gasteiger partial charge in [0.2, 0.25) is 0 Å². The van der Waals surface area contributed by atoms with E-state index >= 15 is 0 Å². The van der Waals surface area contributed by atoms with E-state index in [1.54, 1.807) is 0 Å². The SMILES string of the molecule is CCCCCCC/C=C/CCCCCCCC1NC=CN1CCN. The fraction of sp³-hybridized carbons (Fsp3) is 0.810. The minimum atomic E-state index is 0.480. The van der Waals surface area contributed by atoms with Crippen LogP contribution in [-0.4, -0.2) is 24.2 Å². The summed E-state index contributed by atoms with van der Waals surface area (Å²) in [6.45, 7) is 3.97. The number of nitrogens with zero attached hydrogens (tertiary/aromatic N) is 1. The molecule has 0 aromatic heterocycles. The first-order valence-corrected chi connectivity index (χ1v) is 10.4. The summed E-state index contributed by atoms with van der Waals surface area (Å²) in [7, 11) is 0. The lowest BCUT2D eigenvalue weighted by molar-refractivity contribution is 0.264. The monoisotopic (exact) mass is 335 g/mol. The highest BCUT2D eigenvalue weighted by atomic mass is 15.3. The Labute approximate surface area is 150 Å². The molecular weight excluding hydrogens is 294 g/mol. The van der Waals surface area contributed by atoms with Crippen molar-refractivity contribution in [2.45, 2.75) is 96.6 Å². The molecule has 0 amide bonds. The van der Waals surface area contributed by atoms with Crippen LogP contribution in [0.1, 0.15) is 90.4 Å². The number of hydrogen-bond acceptors (Lipinski definition) is 3. The van der Waals surface area contributed by atoms with Gasteiger partial charge in [-0.3, -0.25) is 0 Å². The van der Waals surface area contributed by atoms with E-state index in [2.05, 4.69) is 41.7 Å². The molecule has 1 rings (SSSR count). The number of nitrogens with two attached hydrogens (primary N) is 1. The molecule has 3 heteroatoms. The summed E-state index contributed by atoms with van der Waals surface area (Å²) in [5.74, 6) is 0. The van der Waals surface area contributed by atoms with Crippen LogP contribution < -0.4 is 11.1 Å². The quantitative estimate of drug-likeness (QED) is 0.297. The third kappa shape index (κ3) is 10.7. The Morgan fingerprint density at radius 2 is 1.54 bits per heavy atom. The van der Waals surface area contributed by atoms with Gasteiger partial charge in [-0.05, 0) is 38.5 Å². The summed E-state index contributed by atoms with van der Waals surface area (Å²) in [6, 6.07) is 0. The highest BCUT2D eigenvalue weighted by Gasteiger charge is 2.16. The minimum Gasteiger partial charge on any atom is -0.370 e. The third-order valence-corrected chi connectivity index (χ3v) is 4.83. The predicted octanol–water partition coefficient (Wildman–Crippen LogP) is 5.30. The zero-order chi connectivity index (χ0) is 17.3. The summed E-state index contributed by atoms with van der Waals surface area (Å²) in [6.07, 6.45) is 27.0. The molecule has 0 radical (unpaired) electrons. The van der Waals surface area contributed by atoms with E-state index in [9.17, 15) is 0 Å². The van der Waals surface area contributed by atoms with E-state index < -0.39 is 0 Å². The highest BCUT2D eigenvalue weighted by molar-refractivity contribution is 4.94. The van der Waals surface area contributed by atoms with Crippen molar-refractivity contribution >= 4 is 0 Å². The van der Waals surface area contributed by atoms with Crippen LogP contribution in [0.4, 0.5) is 0 Å². The van der Waals surface area contributed by atoms with Gasteiger partial charge in [0.25, 0.3) is 0 Å². The Bertz CT molecular complexity index is 325. The molecule has 1 aliphatic rings. The molecule has 24 heavy (non-hydrogen) atoms. The van der Waals surface area contributed by atoms with Gasteiger partial charge in [-0.1, -0.05) is 64.0 Å². The molecule has 0 spiro atoms. The van der Waals surface area contributed by atoms with Gasteiger partial charge in [-0.2, -0.15) is 0 Å². The van der Waals surface area contributed by atoms with Crippen molar-refractivity contribution < 1.29 is 0 Å². The van der Waals surface area contributed by atoms with E-state index in [1.165, 1.54) is 83.5 Å². The van der Waals surface area contributed by atoms with Gasteiger partial charge < -0.3 is 16.0 Å². The molecule has 0 fully saturated rings. The summed E-state index contributed by atoms with van der Waals surface area (Å²) >= 11 is 0. The largest absolute Gasteiger partial charge is 0.370 e. The van der Waals surface area contributed by atoms with E-state index in [-0.39, 0.29) is 0 Å². The van der Waals surface area contributed by atoms with Gasteiger partial charge in [-0.25, -0.2) is 0 Å². The first kappa shape index (κ1) is 21.1.